The highest BCUT2D eigenvalue weighted by Gasteiger charge is 2.29. The molecule has 2 heterocycles. The molecule has 0 radical (unpaired) electrons. The van der Waals surface area contributed by atoms with Crippen molar-refractivity contribution in [2.75, 3.05) is 18.4 Å². The first-order valence-corrected chi connectivity index (χ1v) is 7.52. The maximum atomic E-state index is 12.4. The van der Waals surface area contributed by atoms with Gasteiger partial charge in [0.2, 0.25) is 5.91 Å². The predicted octanol–water partition coefficient (Wildman–Crippen LogP) is 1.19. The van der Waals surface area contributed by atoms with Crippen molar-refractivity contribution < 1.29 is 9.59 Å². The van der Waals surface area contributed by atoms with Crippen molar-refractivity contribution in [3.63, 3.8) is 0 Å². The van der Waals surface area contributed by atoms with Crippen LogP contribution in [-0.4, -0.2) is 34.7 Å². The van der Waals surface area contributed by atoms with Crippen LogP contribution < -0.4 is 16.4 Å². The Hall–Kier alpha value is -2.38. The number of rotatable bonds is 5. The minimum absolute atomic E-state index is 0. The van der Waals surface area contributed by atoms with Crippen LogP contribution in [0.5, 0.6) is 0 Å². The number of nitrogens with two attached hydrogens (primary N) is 1. The summed E-state index contributed by atoms with van der Waals surface area (Å²) in [5, 5.41) is 10.3. The molecule has 24 heavy (non-hydrogen) atoms. The first kappa shape index (κ1) is 18.0. The van der Waals surface area contributed by atoms with Crippen molar-refractivity contribution in [3.05, 3.63) is 42.2 Å². The summed E-state index contributed by atoms with van der Waals surface area (Å²) in [6, 6.07) is 8.86. The molecule has 8 heteroatoms. The number of aromatic nitrogens is 2. The first-order chi connectivity index (χ1) is 11.1. The summed E-state index contributed by atoms with van der Waals surface area (Å²) < 4.78 is 1.53. The Kier molecular flexibility index (Phi) is 5.58. The van der Waals surface area contributed by atoms with Crippen LogP contribution in [0.25, 0.3) is 5.69 Å². The number of benzene rings is 1. The molecule has 128 valence electrons. The molecule has 1 atom stereocenters. The molecule has 3 rings (SSSR count). The Labute approximate surface area is 146 Å². The van der Waals surface area contributed by atoms with E-state index >= 15 is 0 Å². The highest BCUT2D eigenvalue weighted by atomic mass is 35.5. The summed E-state index contributed by atoms with van der Waals surface area (Å²) >= 11 is 0. The monoisotopic (exact) mass is 349 g/mol. The molecule has 2 aromatic rings. The summed E-state index contributed by atoms with van der Waals surface area (Å²) in [7, 11) is 0. The number of carbonyl (C=O) groups is 2. The molecule has 0 aliphatic carbocycles. The van der Waals surface area contributed by atoms with Crippen LogP contribution in [-0.2, 0) is 4.79 Å². The number of primary amides is 1. The van der Waals surface area contributed by atoms with Crippen LogP contribution in [0.2, 0.25) is 0 Å². The van der Waals surface area contributed by atoms with Crippen LogP contribution in [0.15, 0.2) is 36.5 Å². The Morgan fingerprint density at radius 2 is 2.04 bits per heavy atom. The van der Waals surface area contributed by atoms with Gasteiger partial charge < -0.3 is 16.4 Å². The van der Waals surface area contributed by atoms with Gasteiger partial charge in [-0.2, -0.15) is 5.10 Å². The SMILES string of the molecule is CC(C(=O)Nc1ccccc1-n1ccc(C(N)=O)n1)C1CNC1.Cl. The van der Waals surface area contributed by atoms with Crippen LogP contribution in [0.3, 0.4) is 0 Å². The van der Waals surface area contributed by atoms with E-state index in [1.165, 1.54) is 4.68 Å². The molecular weight excluding hydrogens is 330 g/mol. The standard InChI is InChI=1S/C16H19N5O2.ClH/c1-10(11-8-18-9-11)16(23)19-12-4-2-3-5-14(12)21-7-6-13(20-21)15(17)22;/h2-7,10-11,18H,8-9H2,1H3,(H2,17,22)(H,19,23);1H. The summed E-state index contributed by atoms with van der Waals surface area (Å²) in [4.78, 5) is 23.6. The van der Waals surface area contributed by atoms with E-state index in [9.17, 15) is 9.59 Å². The molecule has 1 aromatic carbocycles. The van der Waals surface area contributed by atoms with Crippen LogP contribution >= 0.6 is 12.4 Å². The van der Waals surface area contributed by atoms with E-state index in [2.05, 4.69) is 15.7 Å². The van der Waals surface area contributed by atoms with Gasteiger partial charge in [0.1, 0.15) is 5.69 Å². The van der Waals surface area contributed by atoms with Crippen molar-refractivity contribution in [1.82, 2.24) is 15.1 Å². The molecule has 2 amide bonds. The van der Waals surface area contributed by atoms with Crippen molar-refractivity contribution in [2.24, 2.45) is 17.6 Å². The lowest BCUT2D eigenvalue weighted by atomic mass is 9.88. The second-order valence-electron chi connectivity index (χ2n) is 5.72. The van der Waals surface area contributed by atoms with Gasteiger partial charge in [0.15, 0.2) is 0 Å². The Morgan fingerprint density at radius 1 is 1.33 bits per heavy atom. The molecule has 1 saturated heterocycles. The topological polar surface area (TPSA) is 102 Å². The number of carbonyl (C=O) groups excluding carboxylic acids is 2. The zero-order valence-electron chi connectivity index (χ0n) is 13.2. The van der Waals surface area contributed by atoms with E-state index in [1.54, 1.807) is 12.3 Å². The van der Waals surface area contributed by atoms with Crippen LogP contribution in [0.4, 0.5) is 5.69 Å². The maximum absolute atomic E-state index is 12.4. The lowest BCUT2D eigenvalue weighted by Gasteiger charge is -2.31. The molecule has 0 bridgehead atoms. The lowest BCUT2D eigenvalue weighted by molar-refractivity contribution is -0.121. The molecule has 0 saturated carbocycles. The van der Waals surface area contributed by atoms with E-state index in [-0.39, 0.29) is 29.9 Å². The fraction of sp³-hybridized carbons (Fsp3) is 0.312. The normalized spacial score (nSPS) is 15.0. The van der Waals surface area contributed by atoms with E-state index in [0.717, 1.165) is 13.1 Å². The highest BCUT2D eigenvalue weighted by Crippen LogP contribution is 2.23. The van der Waals surface area contributed by atoms with Crippen molar-refractivity contribution in [1.29, 1.82) is 0 Å². The third kappa shape index (κ3) is 3.58. The molecule has 4 N–H and O–H groups in total. The number of para-hydroxylation sites is 2. The number of amides is 2. The summed E-state index contributed by atoms with van der Waals surface area (Å²) in [6.07, 6.45) is 1.64. The van der Waals surface area contributed by atoms with Gasteiger partial charge in [0.05, 0.1) is 11.4 Å². The van der Waals surface area contributed by atoms with Gasteiger partial charge in [-0.1, -0.05) is 19.1 Å². The minimum atomic E-state index is -0.587. The number of nitrogens with zero attached hydrogens (tertiary/aromatic N) is 2. The summed E-state index contributed by atoms with van der Waals surface area (Å²) in [6.45, 7) is 3.68. The Bertz CT molecular complexity index is 742. The molecular formula is C16H20ClN5O2. The fourth-order valence-corrected chi connectivity index (χ4v) is 2.49. The molecule has 0 spiro atoms. The molecule has 1 aliphatic rings. The Balaban J connectivity index is 0.00000208. The predicted molar refractivity (Wildman–Crippen MR) is 93.5 cm³/mol. The third-order valence-corrected chi connectivity index (χ3v) is 4.18. The molecule has 7 nitrogen and oxygen atoms in total. The van der Waals surface area contributed by atoms with Crippen molar-refractivity contribution >= 4 is 29.9 Å². The average Bonchev–Trinajstić information content (AvgIpc) is 2.95. The van der Waals surface area contributed by atoms with Crippen molar-refractivity contribution in [2.45, 2.75) is 6.92 Å². The van der Waals surface area contributed by atoms with E-state index in [0.29, 0.717) is 17.3 Å². The van der Waals surface area contributed by atoms with Crippen LogP contribution in [0.1, 0.15) is 17.4 Å². The second-order valence-corrected chi connectivity index (χ2v) is 5.72. The first-order valence-electron chi connectivity index (χ1n) is 7.52. The molecule has 1 aliphatic heterocycles. The molecule has 1 aromatic heterocycles. The highest BCUT2D eigenvalue weighted by molar-refractivity contribution is 5.94. The number of anilines is 1. The number of hydrogen-bond acceptors (Lipinski definition) is 4. The zero-order valence-corrected chi connectivity index (χ0v) is 14.0. The van der Waals surface area contributed by atoms with Crippen LogP contribution in [0, 0.1) is 11.8 Å². The smallest absolute Gasteiger partial charge is 0.269 e. The van der Waals surface area contributed by atoms with Gasteiger partial charge in [-0.3, -0.25) is 9.59 Å². The van der Waals surface area contributed by atoms with Gasteiger partial charge in [-0.15, -0.1) is 12.4 Å². The average molecular weight is 350 g/mol. The summed E-state index contributed by atoms with van der Waals surface area (Å²) in [5.41, 5.74) is 6.75. The van der Waals surface area contributed by atoms with E-state index in [4.69, 9.17) is 5.73 Å². The van der Waals surface area contributed by atoms with Gasteiger partial charge in [-0.05, 0) is 37.2 Å². The van der Waals surface area contributed by atoms with Gasteiger partial charge in [0, 0.05) is 12.1 Å². The van der Waals surface area contributed by atoms with E-state index in [1.807, 2.05) is 31.2 Å². The Morgan fingerprint density at radius 3 is 2.62 bits per heavy atom. The summed E-state index contributed by atoms with van der Waals surface area (Å²) in [5.74, 6) is -0.306. The van der Waals surface area contributed by atoms with Gasteiger partial charge in [-0.25, -0.2) is 4.68 Å². The number of nitrogens with one attached hydrogen (secondary N) is 2. The van der Waals surface area contributed by atoms with Crippen molar-refractivity contribution in [3.8, 4) is 5.69 Å². The number of halogens is 1. The largest absolute Gasteiger partial charge is 0.364 e. The lowest BCUT2D eigenvalue weighted by Crippen LogP contribution is -2.48. The maximum Gasteiger partial charge on any atom is 0.269 e. The number of hydrogen-bond donors (Lipinski definition) is 3. The minimum Gasteiger partial charge on any atom is -0.364 e. The third-order valence-electron chi connectivity index (χ3n) is 4.18. The second kappa shape index (κ2) is 7.46. The fourth-order valence-electron chi connectivity index (χ4n) is 2.49. The van der Waals surface area contributed by atoms with Gasteiger partial charge >= 0.3 is 0 Å². The van der Waals surface area contributed by atoms with E-state index < -0.39 is 5.91 Å². The van der Waals surface area contributed by atoms with Gasteiger partial charge in [0.25, 0.3) is 5.91 Å². The quantitative estimate of drug-likeness (QED) is 0.754. The molecule has 1 unspecified atom stereocenters. The zero-order chi connectivity index (χ0) is 16.4. The molecule has 1 fully saturated rings.